The molecule has 25 heavy (non-hydrogen) atoms. The van der Waals surface area contributed by atoms with Gasteiger partial charge in [-0.25, -0.2) is 0 Å². The van der Waals surface area contributed by atoms with E-state index in [0.29, 0.717) is 13.2 Å². The molecule has 3 rings (SSSR count). The van der Waals surface area contributed by atoms with Crippen molar-refractivity contribution >= 4 is 5.97 Å². The van der Waals surface area contributed by atoms with Crippen LogP contribution in [0.1, 0.15) is 24.8 Å². The number of piperidine rings is 1. The largest absolute Gasteiger partial charge is 0.492 e. The summed E-state index contributed by atoms with van der Waals surface area (Å²) in [5, 5.41) is 9.40. The summed E-state index contributed by atoms with van der Waals surface area (Å²) >= 11 is 0. The average molecular weight is 348 g/mol. The Morgan fingerprint density at radius 3 is 2.88 bits per heavy atom. The average Bonchev–Trinajstić information content (AvgIpc) is 2.63. The second-order valence-corrected chi connectivity index (χ2v) is 6.77. The van der Waals surface area contributed by atoms with E-state index in [1.54, 1.807) is 0 Å². The van der Waals surface area contributed by atoms with Crippen molar-refractivity contribution in [2.24, 2.45) is 0 Å². The molecule has 0 spiro atoms. The fourth-order valence-electron chi connectivity index (χ4n) is 3.55. The smallest absolute Gasteiger partial charge is 0.320 e. The van der Waals surface area contributed by atoms with Gasteiger partial charge in [0.2, 0.25) is 0 Å². The molecule has 0 radical (unpaired) electrons. The van der Waals surface area contributed by atoms with E-state index < -0.39 is 5.97 Å². The first kappa shape index (κ1) is 18.2. The van der Waals surface area contributed by atoms with Gasteiger partial charge in [-0.3, -0.25) is 14.6 Å². The second-order valence-electron chi connectivity index (χ2n) is 6.77. The number of morpholine rings is 1. The molecule has 1 atom stereocenters. The zero-order valence-electron chi connectivity index (χ0n) is 14.7. The molecule has 1 unspecified atom stereocenters. The predicted molar refractivity (Wildman–Crippen MR) is 94.9 cm³/mol. The Balaban J connectivity index is 1.51. The molecule has 6 nitrogen and oxygen atoms in total. The first-order valence-electron chi connectivity index (χ1n) is 9.21. The Morgan fingerprint density at radius 1 is 1.24 bits per heavy atom. The van der Waals surface area contributed by atoms with E-state index in [4.69, 9.17) is 9.47 Å². The summed E-state index contributed by atoms with van der Waals surface area (Å²) in [6.45, 7) is 6.61. The van der Waals surface area contributed by atoms with Crippen LogP contribution in [0.4, 0.5) is 0 Å². The molecule has 1 aromatic rings. The van der Waals surface area contributed by atoms with Gasteiger partial charge in [0.15, 0.2) is 0 Å². The number of benzene rings is 1. The zero-order valence-corrected chi connectivity index (χ0v) is 14.7. The van der Waals surface area contributed by atoms with Crippen LogP contribution in [0.3, 0.4) is 0 Å². The van der Waals surface area contributed by atoms with Gasteiger partial charge in [-0.2, -0.15) is 0 Å². The molecular weight excluding hydrogens is 320 g/mol. The van der Waals surface area contributed by atoms with Crippen LogP contribution in [-0.4, -0.2) is 72.9 Å². The number of carboxylic acid groups (broad SMARTS) is 1. The summed E-state index contributed by atoms with van der Waals surface area (Å²) in [6.07, 6.45) is 2.81. The lowest BCUT2D eigenvalue weighted by Crippen LogP contribution is -2.43. The highest BCUT2D eigenvalue weighted by Gasteiger charge is 2.28. The minimum Gasteiger partial charge on any atom is -0.492 e. The first-order valence-corrected chi connectivity index (χ1v) is 9.21. The second kappa shape index (κ2) is 9.17. The maximum absolute atomic E-state index is 11.4. The molecule has 0 aromatic heterocycles. The van der Waals surface area contributed by atoms with Crippen LogP contribution in [0.15, 0.2) is 24.3 Å². The van der Waals surface area contributed by atoms with Gasteiger partial charge in [0.25, 0.3) is 0 Å². The SMILES string of the molecule is O=C(O)C1CCCCN1Cc1cccc(OCCN2CCOCC2)c1. The highest BCUT2D eigenvalue weighted by Crippen LogP contribution is 2.22. The maximum atomic E-state index is 11.4. The molecule has 0 bridgehead atoms. The lowest BCUT2D eigenvalue weighted by molar-refractivity contribution is -0.144. The lowest BCUT2D eigenvalue weighted by Gasteiger charge is -2.32. The molecule has 2 fully saturated rings. The van der Waals surface area contributed by atoms with Crippen LogP contribution in [0.5, 0.6) is 5.75 Å². The van der Waals surface area contributed by atoms with E-state index in [1.807, 2.05) is 24.3 Å². The standard InChI is InChI=1S/C19H28N2O4/c22-19(23)18-6-1-2-7-21(18)15-16-4-3-5-17(14-16)25-13-10-20-8-11-24-12-9-20/h3-5,14,18H,1-2,6-13,15H2,(H,22,23). The van der Waals surface area contributed by atoms with Crippen molar-refractivity contribution in [3.05, 3.63) is 29.8 Å². The van der Waals surface area contributed by atoms with Crippen molar-refractivity contribution in [1.29, 1.82) is 0 Å². The number of aliphatic carboxylic acids is 1. The van der Waals surface area contributed by atoms with E-state index in [1.165, 1.54) is 0 Å². The number of hydrogen-bond donors (Lipinski definition) is 1. The van der Waals surface area contributed by atoms with Crippen molar-refractivity contribution in [3.63, 3.8) is 0 Å². The van der Waals surface area contributed by atoms with E-state index in [2.05, 4.69) is 9.80 Å². The number of nitrogens with zero attached hydrogens (tertiary/aromatic N) is 2. The molecule has 2 saturated heterocycles. The summed E-state index contributed by atoms with van der Waals surface area (Å²) in [4.78, 5) is 15.8. The normalized spacial score (nSPS) is 22.6. The van der Waals surface area contributed by atoms with Gasteiger partial charge < -0.3 is 14.6 Å². The van der Waals surface area contributed by atoms with E-state index in [-0.39, 0.29) is 6.04 Å². The van der Waals surface area contributed by atoms with Crippen molar-refractivity contribution in [2.45, 2.75) is 31.8 Å². The summed E-state index contributed by atoms with van der Waals surface area (Å²) in [5.74, 6) is 0.146. The highest BCUT2D eigenvalue weighted by molar-refractivity contribution is 5.73. The minimum atomic E-state index is -0.711. The van der Waals surface area contributed by atoms with Crippen molar-refractivity contribution in [1.82, 2.24) is 9.80 Å². The van der Waals surface area contributed by atoms with Gasteiger partial charge >= 0.3 is 5.97 Å². The summed E-state index contributed by atoms with van der Waals surface area (Å²) in [6, 6.07) is 7.67. The molecule has 2 aliphatic rings. The topological polar surface area (TPSA) is 62.2 Å². The Labute approximate surface area is 149 Å². The quantitative estimate of drug-likeness (QED) is 0.811. The Bertz CT molecular complexity index is 560. The van der Waals surface area contributed by atoms with E-state index >= 15 is 0 Å². The number of hydrogen-bond acceptors (Lipinski definition) is 5. The van der Waals surface area contributed by atoms with E-state index in [0.717, 1.165) is 70.0 Å². The third kappa shape index (κ3) is 5.42. The van der Waals surface area contributed by atoms with Gasteiger partial charge in [-0.15, -0.1) is 0 Å². The monoisotopic (exact) mass is 348 g/mol. The first-order chi connectivity index (χ1) is 12.2. The van der Waals surface area contributed by atoms with Crippen molar-refractivity contribution < 1.29 is 19.4 Å². The van der Waals surface area contributed by atoms with Crippen LogP contribution < -0.4 is 4.74 Å². The Morgan fingerprint density at radius 2 is 2.08 bits per heavy atom. The molecule has 0 amide bonds. The Hall–Kier alpha value is -1.63. The van der Waals surface area contributed by atoms with Crippen LogP contribution >= 0.6 is 0 Å². The molecule has 2 aliphatic heterocycles. The van der Waals surface area contributed by atoms with Crippen molar-refractivity contribution in [3.8, 4) is 5.75 Å². The zero-order chi connectivity index (χ0) is 17.5. The molecule has 1 aromatic carbocycles. The van der Waals surface area contributed by atoms with Gasteiger partial charge in [0, 0.05) is 26.2 Å². The van der Waals surface area contributed by atoms with Gasteiger partial charge in [-0.1, -0.05) is 18.6 Å². The number of ether oxygens (including phenoxy) is 2. The van der Waals surface area contributed by atoms with Gasteiger partial charge in [-0.05, 0) is 37.1 Å². The van der Waals surface area contributed by atoms with Crippen LogP contribution in [0.2, 0.25) is 0 Å². The molecule has 1 N–H and O–H groups in total. The number of carbonyl (C=O) groups is 1. The molecule has 0 saturated carbocycles. The van der Waals surface area contributed by atoms with Crippen LogP contribution in [0.25, 0.3) is 0 Å². The fraction of sp³-hybridized carbons (Fsp3) is 0.632. The summed E-state index contributed by atoms with van der Waals surface area (Å²) in [7, 11) is 0. The Kier molecular flexibility index (Phi) is 6.67. The van der Waals surface area contributed by atoms with Crippen LogP contribution in [-0.2, 0) is 16.1 Å². The molecule has 2 heterocycles. The number of rotatable bonds is 7. The van der Waals surface area contributed by atoms with Crippen LogP contribution in [0, 0.1) is 0 Å². The molecule has 0 aliphatic carbocycles. The van der Waals surface area contributed by atoms with Crippen molar-refractivity contribution in [2.75, 3.05) is 46.0 Å². The maximum Gasteiger partial charge on any atom is 0.320 e. The molecular formula is C19H28N2O4. The predicted octanol–water partition coefficient (Wildman–Crippen LogP) is 1.84. The summed E-state index contributed by atoms with van der Waals surface area (Å²) < 4.78 is 11.2. The fourth-order valence-corrected chi connectivity index (χ4v) is 3.55. The molecule has 138 valence electrons. The third-order valence-electron chi connectivity index (χ3n) is 4.96. The van der Waals surface area contributed by atoms with Gasteiger partial charge in [0.05, 0.1) is 13.2 Å². The van der Waals surface area contributed by atoms with E-state index in [9.17, 15) is 9.90 Å². The summed E-state index contributed by atoms with van der Waals surface area (Å²) in [5.41, 5.74) is 1.11. The van der Waals surface area contributed by atoms with Gasteiger partial charge in [0.1, 0.15) is 18.4 Å². The minimum absolute atomic E-state index is 0.361. The molecule has 6 heteroatoms. The number of carboxylic acids is 1. The number of likely N-dealkylation sites (tertiary alicyclic amines) is 1. The highest BCUT2D eigenvalue weighted by atomic mass is 16.5. The lowest BCUT2D eigenvalue weighted by atomic mass is 10.0. The third-order valence-corrected chi connectivity index (χ3v) is 4.96.